The van der Waals surface area contributed by atoms with Crippen LogP contribution in [0.25, 0.3) is 0 Å². The second-order valence-corrected chi connectivity index (χ2v) is 23.3. The van der Waals surface area contributed by atoms with Gasteiger partial charge in [-0.05, 0) is 127 Å². The molecule has 0 saturated heterocycles. The van der Waals surface area contributed by atoms with E-state index < -0.39 is 30.9 Å². The van der Waals surface area contributed by atoms with Crippen molar-refractivity contribution >= 4 is 30.9 Å². The summed E-state index contributed by atoms with van der Waals surface area (Å²) >= 11 is 0. The van der Waals surface area contributed by atoms with Crippen LogP contribution in [0.4, 0.5) is 0 Å². The fraction of sp³-hybridized carbons (Fsp3) is 1.00. The monoisotopic (exact) mass is 642 g/mol. The second-order valence-electron chi connectivity index (χ2n) is 9.83. The van der Waals surface area contributed by atoms with Crippen molar-refractivity contribution in [1.29, 1.82) is 0 Å². The van der Waals surface area contributed by atoms with Crippen LogP contribution in [0.1, 0.15) is 0 Å². The van der Waals surface area contributed by atoms with Crippen LogP contribution in [0.5, 0.6) is 0 Å². The van der Waals surface area contributed by atoms with Crippen molar-refractivity contribution in [2.45, 2.75) is 0 Å². The minimum Gasteiger partial charge on any atom is -1.00 e. The molecule has 0 fully saturated rings. The number of halogens is 1. The lowest BCUT2D eigenvalue weighted by Crippen LogP contribution is -3.00. The van der Waals surface area contributed by atoms with Crippen molar-refractivity contribution in [3.8, 4) is 0 Å². The topological polar surface area (TPSA) is 66.2 Å². The molecule has 0 N–H and O–H groups in total. The summed E-state index contributed by atoms with van der Waals surface area (Å²) in [4.78, 5) is 0. The summed E-state index contributed by atoms with van der Waals surface area (Å²) in [7, 11) is 29.3. The highest BCUT2D eigenvalue weighted by atomic mass is 79.9. The summed E-state index contributed by atoms with van der Waals surface area (Å²) < 4.78 is 37.0. The Bertz CT molecular complexity index is 619. The summed E-state index contributed by atoms with van der Waals surface area (Å²) in [6, 6.07) is 0. The van der Waals surface area contributed by atoms with Gasteiger partial charge < -0.3 is 17.0 Å². The lowest BCUT2D eigenvalue weighted by molar-refractivity contribution is -0.00000833. The fourth-order valence-corrected chi connectivity index (χ4v) is 21.8. The molecule has 0 aromatic heterocycles. The zero-order chi connectivity index (χ0) is 27.4. The van der Waals surface area contributed by atoms with Gasteiger partial charge in [-0.15, -0.1) is 0 Å². The minimum absolute atomic E-state index is 0. The molecule has 0 rings (SSSR count). The molecule has 0 aliphatic carbocycles. The van der Waals surface area contributed by atoms with Gasteiger partial charge in [0.05, 0.1) is 0 Å². The molecule has 0 atom stereocenters. The molecule has 0 aromatic rings. The number of rotatable bonds is 12. The van der Waals surface area contributed by atoms with Crippen LogP contribution < -0.4 is 17.0 Å². The lowest BCUT2D eigenvalue weighted by atomic mass is 11.2. The van der Waals surface area contributed by atoms with Gasteiger partial charge >= 0.3 is 8.37 Å². The van der Waals surface area contributed by atoms with Crippen molar-refractivity contribution in [1.82, 2.24) is 42.0 Å². The number of hydrogen-bond donors (Lipinski definition) is 0. The Morgan fingerprint density at radius 1 is 0.314 bits per heavy atom. The van der Waals surface area contributed by atoms with E-state index in [1.54, 1.807) is 0 Å². The number of nitrogens with zero attached hydrogens (tertiary/aromatic N) is 12. The van der Waals surface area contributed by atoms with E-state index in [2.05, 4.69) is 169 Å². The third-order valence-corrected chi connectivity index (χ3v) is 20.5. The third kappa shape index (κ3) is 7.89. The summed E-state index contributed by atoms with van der Waals surface area (Å²) in [5.41, 5.74) is 0. The van der Waals surface area contributed by atoms with Crippen molar-refractivity contribution in [3.05, 3.63) is 0 Å². The van der Waals surface area contributed by atoms with Crippen molar-refractivity contribution in [2.75, 3.05) is 127 Å². The van der Waals surface area contributed by atoms with Crippen LogP contribution in [0.15, 0.2) is 13.5 Å². The van der Waals surface area contributed by atoms with E-state index in [1.165, 1.54) is 0 Å². The van der Waals surface area contributed by atoms with E-state index in [4.69, 9.17) is 13.5 Å². The van der Waals surface area contributed by atoms with Crippen molar-refractivity contribution < 1.29 is 17.0 Å². The Labute approximate surface area is 229 Å². The first-order valence-corrected chi connectivity index (χ1v) is 17.3. The van der Waals surface area contributed by atoms with Gasteiger partial charge in [0.15, 0.2) is 0 Å². The molecule has 12 nitrogen and oxygen atoms in total. The quantitative estimate of drug-likeness (QED) is 0.288. The largest absolute Gasteiger partial charge is 1.00 e. The van der Waals surface area contributed by atoms with Gasteiger partial charge in [0.2, 0.25) is 22.5 Å². The Morgan fingerprint density at radius 3 is 0.514 bits per heavy atom. The molecule has 35 heavy (non-hydrogen) atoms. The molecule has 0 spiro atoms. The molecule has 0 bridgehead atoms. The van der Waals surface area contributed by atoms with Gasteiger partial charge in [-0.1, -0.05) is 13.5 Å². The normalized spacial score (nSPS) is 14.1. The second kappa shape index (κ2) is 15.1. The van der Waals surface area contributed by atoms with E-state index in [0.29, 0.717) is 0 Å². The first-order valence-electron chi connectivity index (χ1n) is 11.1. The highest BCUT2D eigenvalue weighted by molar-refractivity contribution is 7.76. The van der Waals surface area contributed by atoms with Crippen molar-refractivity contribution in [2.24, 2.45) is 13.5 Å². The summed E-state index contributed by atoms with van der Waals surface area (Å²) in [5, 5.41) is 0. The van der Waals surface area contributed by atoms with Gasteiger partial charge in [-0.25, -0.2) is 42.0 Å². The predicted octanol–water partition coefficient (Wildman–Crippen LogP) is 0.843. The summed E-state index contributed by atoms with van der Waals surface area (Å²) in [6.45, 7) is 0. The van der Waals surface area contributed by atoms with E-state index in [-0.39, 0.29) is 17.0 Å². The van der Waals surface area contributed by atoms with Crippen molar-refractivity contribution in [3.63, 3.8) is 0 Å². The molecule has 0 saturated carbocycles. The first-order chi connectivity index (χ1) is 15.3. The molecule has 0 aliphatic rings. The molecule has 0 amide bonds. The fourth-order valence-electron chi connectivity index (χ4n) is 4.44. The van der Waals surface area contributed by atoms with Crippen LogP contribution in [-0.4, -0.2) is 169 Å². The number of hydrogen-bond acceptors (Lipinski definition) is 3. The Balaban J connectivity index is 0. The van der Waals surface area contributed by atoms with Gasteiger partial charge in [-0.2, -0.15) is 0 Å². The average Bonchev–Trinajstić information content (AvgIpc) is 2.64. The molecule has 0 aliphatic heterocycles. The van der Waals surface area contributed by atoms with E-state index >= 15 is 0 Å². The minimum atomic E-state index is -2.21. The molecule has 17 heteroatoms. The molecular weight excluding hydrogens is 588 g/mol. The average molecular weight is 644 g/mol. The highest BCUT2D eigenvalue weighted by Gasteiger charge is 2.41. The van der Waals surface area contributed by atoms with Gasteiger partial charge in [-0.3, -0.25) is 0 Å². The Kier molecular flexibility index (Phi) is 16.6. The van der Waals surface area contributed by atoms with Gasteiger partial charge in [0.25, 0.3) is 0 Å². The van der Waals surface area contributed by atoms with Gasteiger partial charge in [0.1, 0.15) is 0 Å². The van der Waals surface area contributed by atoms with E-state index in [0.717, 1.165) is 0 Å². The standard InChI is InChI=1S/C18H54N12P4.BrH/c1-22(2)32(23(3)4,24(5)6)19-31(20-33(25(7)8,26(9)10)27(11)12)21-34(28(13)14,29(15)16)30(17)18;/h1-18H3;1H. The highest BCUT2D eigenvalue weighted by Crippen LogP contribution is 2.72. The van der Waals surface area contributed by atoms with Gasteiger partial charge in [0, 0.05) is 0 Å². The molecule has 0 aromatic carbocycles. The van der Waals surface area contributed by atoms with E-state index in [1.807, 2.05) is 0 Å². The Hall–Kier alpha value is 1.24. The summed E-state index contributed by atoms with van der Waals surface area (Å²) in [6.07, 6.45) is 0. The smallest absolute Gasteiger partial charge is 0.360 e. The van der Waals surface area contributed by atoms with Crippen LogP contribution in [0.2, 0.25) is 0 Å². The zero-order valence-electron chi connectivity index (χ0n) is 25.6. The third-order valence-electron chi connectivity index (χ3n) is 5.50. The van der Waals surface area contributed by atoms with Crippen LogP contribution in [0, 0.1) is 0 Å². The maximum Gasteiger partial charge on any atom is 0.360 e. The van der Waals surface area contributed by atoms with Crippen LogP contribution in [0.3, 0.4) is 0 Å². The first kappa shape index (κ1) is 38.4. The van der Waals surface area contributed by atoms with Crippen LogP contribution in [-0.2, 0) is 0 Å². The molecule has 0 radical (unpaired) electrons. The molecule has 214 valence electrons. The summed E-state index contributed by atoms with van der Waals surface area (Å²) in [5.74, 6) is 0. The SMILES string of the molecule is CN(C)P(=N[PH+](N=P(N(C)C)(N(C)C)N(C)C)N=P(N(C)C)(N(C)C)N(C)C)(N(C)C)N(C)C.[Br-]. The predicted molar refractivity (Wildman–Crippen MR) is 160 cm³/mol. The molecular formula is C18H55BrN12P4. The Morgan fingerprint density at radius 2 is 0.429 bits per heavy atom. The molecule has 0 heterocycles. The van der Waals surface area contributed by atoms with Crippen LogP contribution >= 0.6 is 30.9 Å². The van der Waals surface area contributed by atoms with E-state index in [9.17, 15) is 0 Å². The maximum atomic E-state index is 5.62. The lowest BCUT2D eigenvalue weighted by Gasteiger charge is -2.42. The maximum absolute atomic E-state index is 5.62. The molecule has 0 unspecified atom stereocenters. The zero-order valence-corrected chi connectivity index (χ0v) is 30.9.